The van der Waals surface area contributed by atoms with E-state index >= 15 is 0 Å². The van der Waals surface area contributed by atoms with E-state index in [0.29, 0.717) is 29.2 Å². The fraction of sp³-hybridized carbons (Fsp3) is 0.192. The van der Waals surface area contributed by atoms with Crippen LogP contribution in [0.4, 0.5) is 5.69 Å². The highest BCUT2D eigenvalue weighted by Gasteiger charge is 2.10. The molecule has 0 saturated heterocycles. The van der Waals surface area contributed by atoms with Crippen molar-refractivity contribution >= 4 is 23.7 Å². The number of hydrogen-bond donors (Lipinski definition) is 2. The van der Waals surface area contributed by atoms with Crippen molar-refractivity contribution in [2.24, 2.45) is 5.10 Å². The summed E-state index contributed by atoms with van der Waals surface area (Å²) in [6.45, 7) is 6.01. The first-order valence-corrected chi connectivity index (χ1v) is 10.6. The van der Waals surface area contributed by atoms with E-state index in [4.69, 9.17) is 9.47 Å². The Labute approximate surface area is 193 Å². The maximum absolute atomic E-state index is 12.3. The summed E-state index contributed by atoms with van der Waals surface area (Å²) in [5.41, 5.74) is 6.54. The monoisotopic (exact) mass is 445 g/mol. The van der Waals surface area contributed by atoms with Crippen LogP contribution in [0.25, 0.3) is 0 Å². The molecule has 0 radical (unpaired) electrons. The molecule has 3 rings (SSSR count). The maximum Gasteiger partial charge on any atom is 0.271 e. The molecule has 0 unspecified atom stereocenters. The number of hydrazone groups is 1. The number of benzene rings is 3. The minimum absolute atomic E-state index is 0.158. The molecule has 7 heteroatoms. The Balaban J connectivity index is 1.60. The van der Waals surface area contributed by atoms with Crippen LogP contribution >= 0.6 is 0 Å². The average molecular weight is 446 g/mol. The molecular weight excluding hydrogens is 418 g/mol. The number of para-hydroxylation sites is 1. The van der Waals surface area contributed by atoms with Gasteiger partial charge >= 0.3 is 0 Å². The lowest BCUT2D eigenvalue weighted by Crippen LogP contribution is -2.20. The summed E-state index contributed by atoms with van der Waals surface area (Å²) in [4.78, 5) is 24.4. The van der Waals surface area contributed by atoms with Gasteiger partial charge in [-0.15, -0.1) is 0 Å². The highest BCUT2D eigenvalue weighted by atomic mass is 16.5. The summed E-state index contributed by atoms with van der Waals surface area (Å²) in [5, 5.41) is 6.85. The van der Waals surface area contributed by atoms with Gasteiger partial charge in [0.2, 0.25) is 0 Å². The van der Waals surface area contributed by atoms with E-state index in [0.717, 1.165) is 16.8 Å². The number of rotatable bonds is 9. The molecule has 0 aliphatic heterocycles. The third-order valence-corrected chi connectivity index (χ3v) is 4.74. The topological polar surface area (TPSA) is 89.0 Å². The summed E-state index contributed by atoms with van der Waals surface area (Å²) in [7, 11) is 0. The smallest absolute Gasteiger partial charge is 0.271 e. The molecule has 170 valence electrons. The van der Waals surface area contributed by atoms with Gasteiger partial charge in [-0.25, -0.2) is 5.43 Å². The molecule has 0 saturated carbocycles. The first-order chi connectivity index (χ1) is 16.0. The zero-order valence-electron chi connectivity index (χ0n) is 18.9. The lowest BCUT2D eigenvalue weighted by Gasteiger charge is -2.13. The Hall–Kier alpha value is -4.13. The molecule has 0 spiro atoms. The lowest BCUT2D eigenvalue weighted by molar-refractivity contribution is -0.118. The number of aryl methyl sites for hydroxylation is 2. The molecular formula is C26H27N3O4. The molecule has 0 bridgehead atoms. The van der Waals surface area contributed by atoms with Crippen molar-refractivity contribution in [1.29, 1.82) is 0 Å². The van der Waals surface area contributed by atoms with Crippen molar-refractivity contribution < 1.29 is 19.1 Å². The number of carbonyl (C=O) groups is 2. The van der Waals surface area contributed by atoms with Crippen LogP contribution in [0.1, 0.15) is 34.0 Å². The molecule has 0 aliphatic rings. The largest absolute Gasteiger partial charge is 0.490 e. The molecule has 0 aliphatic carbocycles. The number of anilines is 1. The van der Waals surface area contributed by atoms with Crippen LogP contribution in [-0.2, 0) is 4.79 Å². The second kappa shape index (κ2) is 11.5. The van der Waals surface area contributed by atoms with Gasteiger partial charge in [0.1, 0.15) is 0 Å². The second-order valence-electron chi connectivity index (χ2n) is 7.36. The Morgan fingerprint density at radius 3 is 2.42 bits per heavy atom. The second-order valence-corrected chi connectivity index (χ2v) is 7.36. The number of amides is 2. The summed E-state index contributed by atoms with van der Waals surface area (Å²) < 4.78 is 11.3. The van der Waals surface area contributed by atoms with Crippen LogP contribution in [0.2, 0.25) is 0 Å². The average Bonchev–Trinajstić information content (AvgIpc) is 2.80. The predicted octanol–water partition coefficient (Wildman–Crippen LogP) is 4.48. The maximum atomic E-state index is 12.3. The standard InChI is InChI=1S/C26H27N3O4/c1-4-32-24-15-20(16-27-29-26(31)21-12-9-18(2)10-13-21)11-14-23(24)33-17-25(30)28-22-8-6-5-7-19(22)3/h5-16H,4,17H2,1-3H3,(H,28,30)(H,29,31)/b27-16+. The third kappa shape index (κ3) is 6.93. The van der Waals surface area contributed by atoms with Gasteiger partial charge in [-0.3, -0.25) is 9.59 Å². The first-order valence-electron chi connectivity index (χ1n) is 10.6. The van der Waals surface area contributed by atoms with Crippen LogP contribution < -0.4 is 20.2 Å². The van der Waals surface area contributed by atoms with Crippen molar-refractivity contribution in [3.8, 4) is 11.5 Å². The van der Waals surface area contributed by atoms with Gasteiger partial charge in [0.25, 0.3) is 11.8 Å². The Morgan fingerprint density at radius 2 is 1.70 bits per heavy atom. The fourth-order valence-corrected chi connectivity index (χ4v) is 2.97. The minimum atomic E-state index is -0.295. The molecule has 0 aromatic heterocycles. The normalized spacial score (nSPS) is 10.6. The van der Waals surface area contributed by atoms with Crippen molar-refractivity contribution in [1.82, 2.24) is 5.43 Å². The molecule has 3 aromatic carbocycles. The van der Waals surface area contributed by atoms with Crippen LogP contribution in [0.15, 0.2) is 71.8 Å². The van der Waals surface area contributed by atoms with E-state index < -0.39 is 0 Å². The van der Waals surface area contributed by atoms with Gasteiger partial charge in [0.15, 0.2) is 18.1 Å². The van der Waals surface area contributed by atoms with E-state index in [2.05, 4.69) is 15.8 Å². The molecule has 0 heterocycles. The predicted molar refractivity (Wildman–Crippen MR) is 129 cm³/mol. The number of carbonyl (C=O) groups excluding carboxylic acids is 2. The number of ether oxygens (including phenoxy) is 2. The Morgan fingerprint density at radius 1 is 0.939 bits per heavy atom. The van der Waals surface area contributed by atoms with E-state index in [1.54, 1.807) is 30.3 Å². The van der Waals surface area contributed by atoms with E-state index in [9.17, 15) is 9.59 Å². The Bertz CT molecular complexity index is 1140. The summed E-state index contributed by atoms with van der Waals surface area (Å²) in [6, 6.07) is 20.0. The van der Waals surface area contributed by atoms with Crippen molar-refractivity contribution in [3.63, 3.8) is 0 Å². The highest BCUT2D eigenvalue weighted by Crippen LogP contribution is 2.28. The van der Waals surface area contributed by atoms with Gasteiger partial charge in [0.05, 0.1) is 12.8 Å². The van der Waals surface area contributed by atoms with E-state index in [1.807, 2.05) is 57.2 Å². The highest BCUT2D eigenvalue weighted by molar-refractivity contribution is 5.95. The SMILES string of the molecule is CCOc1cc(/C=N/NC(=O)c2ccc(C)cc2)ccc1OCC(=O)Nc1ccccc1C. The van der Waals surface area contributed by atoms with Crippen molar-refractivity contribution in [2.45, 2.75) is 20.8 Å². The number of nitrogens with zero attached hydrogens (tertiary/aromatic N) is 1. The van der Waals surface area contributed by atoms with Crippen LogP contribution in [0.3, 0.4) is 0 Å². The Kier molecular flexibility index (Phi) is 8.18. The fourth-order valence-electron chi connectivity index (χ4n) is 2.97. The number of hydrogen-bond acceptors (Lipinski definition) is 5. The van der Waals surface area contributed by atoms with Crippen LogP contribution in [0.5, 0.6) is 11.5 Å². The quantitative estimate of drug-likeness (QED) is 0.375. The zero-order chi connectivity index (χ0) is 23.6. The minimum Gasteiger partial charge on any atom is -0.490 e. The van der Waals surface area contributed by atoms with E-state index in [1.165, 1.54) is 6.21 Å². The molecule has 2 amide bonds. The third-order valence-electron chi connectivity index (χ3n) is 4.74. The van der Waals surface area contributed by atoms with Gasteiger partial charge in [-0.05, 0) is 68.3 Å². The number of nitrogens with one attached hydrogen (secondary N) is 2. The van der Waals surface area contributed by atoms with Crippen molar-refractivity contribution in [3.05, 3.63) is 89.0 Å². The summed E-state index contributed by atoms with van der Waals surface area (Å²) in [6.07, 6.45) is 1.52. The lowest BCUT2D eigenvalue weighted by atomic mass is 10.1. The summed E-state index contributed by atoms with van der Waals surface area (Å²) in [5.74, 6) is 0.361. The molecule has 0 atom stereocenters. The van der Waals surface area contributed by atoms with Crippen LogP contribution in [-0.4, -0.2) is 31.2 Å². The molecule has 33 heavy (non-hydrogen) atoms. The molecule has 2 N–H and O–H groups in total. The van der Waals surface area contributed by atoms with E-state index in [-0.39, 0.29) is 18.4 Å². The van der Waals surface area contributed by atoms with Gasteiger partial charge < -0.3 is 14.8 Å². The van der Waals surface area contributed by atoms with Crippen molar-refractivity contribution in [2.75, 3.05) is 18.5 Å². The first kappa shape index (κ1) is 23.5. The van der Waals surface area contributed by atoms with Crippen LogP contribution in [0, 0.1) is 13.8 Å². The van der Waals surface area contributed by atoms with Gasteiger partial charge in [-0.1, -0.05) is 35.9 Å². The molecule has 3 aromatic rings. The molecule has 0 fully saturated rings. The molecule has 7 nitrogen and oxygen atoms in total. The van der Waals surface area contributed by atoms with Gasteiger partial charge in [0, 0.05) is 11.3 Å². The zero-order valence-corrected chi connectivity index (χ0v) is 18.9. The summed E-state index contributed by atoms with van der Waals surface area (Å²) >= 11 is 0. The van der Waals surface area contributed by atoms with Gasteiger partial charge in [-0.2, -0.15) is 5.10 Å².